The van der Waals surface area contributed by atoms with Gasteiger partial charge in [-0.15, -0.1) is 0 Å². The lowest BCUT2D eigenvalue weighted by Gasteiger charge is -2.39. The fourth-order valence-corrected chi connectivity index (χ4v) is 3.97. The van der Waals surface area contributed by atoms with E-state index in [-0.39, 0.29) is 17.9 Å². The summed E-state index contributed by atoms with van der Waals surface area (Å²) in [5.41, 5.74) is -0.600. The molecule has 0 aliphatic carbocycles. The highest BCUT2D eigenvalue weighted by Crippen LogP contribution is 2.31. The lowest BCUT2D eigenvalue weighted by molar-refractivity contribution is -0.141. The summed E-state index contributed by atoms with van der Waals surface area (Å²) in [6, 6.07) is 6.63. The van der Waals surface area contributed by atoms with Crippen molar-refractivity contribution in [2.75, 3.05) is 25.1 Å². The first kappa shape index (κ1) is 26.5. The summed E-state index contributed by atoms with van der Waals surface area (Å²) in [6.07, 6.45) is -4.53. The number of imidazole rings is 1. The third-order valence-corrected chi connectivity index (χ3v) is 5.64. The van der Waals surface area contributed by atoms with Gasteiger partial charge in [0.05, 0.1) is 17.7 Å². The van der Waals surface area contributed by atoms with Crippen molar-refractivity contribution in [3.8, 4) is 0 Å². The van der Waals surface area contributed by atoms with Crippen LogP contribution < -0.4 is 10.2 Å². The van der Waals surface area contributed by atoms with Gasteiger partial charge in [-0.25, -0.2) is 9.78 Å². The molecule has 0 unspecified atom stereocenters. The number of carbonyl (C=O) groups excluding carboxylic acids is 2. The lowest BCUT2D eigenvalue weighted by atomic mass is 10.0. The molecular formula is C24H31F3N4O4. The fourth-order valence-electron chi connectivity index (χ4n) is 3.97. The van der Waals surface area contributed by atoms with E-state index in [4.69, 9.17) is 9.47 Å². The van der Waals surface area contributed by atoms with E-state index in [0.717, 1.165) is 5.69 Å². The van der Waals surface area contributed by atoms with Gasteiger partial charge in [0.25, 0.3) is 5.91 Å². The van der Waals surface area contributed by atoms with Gasteiger partial charge >= 0.3 is 12.1 Å². The molecule has 2 N–H and O–H groups in total. The first-order valence-electron chi connectivity index (χ1n) is 11.4. The van der Waals surface area contributed by atoms with Gasteiger partial charge < -0.3 is 24.7 Å². The number of halogens is 3. The predicted octanol–water partition coefficient (Wildman–Crippen LogP) is 3.97. The molecule has 0 spiro atoms. The molecule has 1 fully saturated rings. The summed E-state index contributed by atoms with van der Waals surface area (Å²) in [7, 11) is 1.51. The summed E-state index contributed by atoms with van der Waals surface area (Å²) in [4.78, 5) is 33.1. The number of aromatic amines is 1. The maximum atomic E-state index is 13.2. The molecule has 1 aliphatic rings. The highest BCUT2D eigenvalue weighted by molar-refractivity contribution is 5.91. The smallest absolute Gasteiger partial charge is 0.435 e. The third-order valence-electron chi connectivity index (χ3n) is 5.64. The van der Waals surface area contributed by atoms with E-state index in [0.29, 0.717) is 25.1 Å². The Morgan fingerprint density at radius 3 is 2.54 bits per heavy atom. The van der Waals surface area contributed by atoms with Crippen LogP contribution in [-0.4, -0.2) is 59.8 Å². The van der Waals surface area contributed by atoms with Crippen LogP contribution >= 0.6 is 0 Å². The number of rotatable bonds is 6. The zero-order valence-electron chi connectivity index (χ0n) is 20.5. The number of aryl methyl sites for hydroxylation is 1. The Hall–Kier alpha value is -3.08. The van der Waals surface area contributed by atoms with Crippen molar-refractivity contribution in [1.29, 1.82) is 0 Å². The van der Waals surface area contributed by atoms with E-state index in [1.807, 2.05) is 11.0 Å². The summed E-state index contributed by atoms with van der Waals surface area (Å²) in [6.45, 7) is 7.89. The SMILES string of the molecule is CCc1[nH]c(C(=O)N[C@@H]2CCN(c3cccc(C(=O)OC(C)(C)C)c3)C[C@@H]2OC)nc1C(F)(F)F. The number of methoxy groups -OCH3 is 1. The van der Waals surface area contributed by atoms with Crippen molar-refractivity contribution >= 4 is 17.6 Å². The topological polar surface area (TPSA) is 96.6 Å². The molecule has 2 aromatic rings. The molecule has 0 radical (unpaired) electrons. The van der Waals surface area contributed by atoms with Crippen molar-refractivity contribution in [3.05, 3.63) is 47.0 Å². The fraction of sp³-hybridized carbons (Fsp3) is 0.542. The van der Waals surface area contributed by atoms with Gasteiger partial charge in [-0.2, -0.15) is 13.2 Å². The van der Waals surface area contributed by atoms with E-state index in [2.05, 4.69) is 15.3 Å². The summed E-state index contributed by atoms with van der Waals surface area (Å²) in [5.74, 6) is -1.52. The van der Waals surface area contributed by atoms with Gasteiger partial charge in [0.15, 0.2) is 11.5 Å². The van der Waals surface area contributed by atoms with E-state index < -0.39 is 41.5 Å². The van der Waals surface area contributed by atoms with Gasteiger partial charge in [0.1, 0.15) is 5.60 Å². The molecule has 0 bridgehead atoms. The van der Waals surface area contributed by atoms with Crippen LogP contribution in [0.25, 0.3) is 0 Å². The Morgan fingerprint density at radius 1 is 1.26 bits per heavy atom. The molecule has 0 saturated carbocycles. The molecule has 1 aliphatic heterocycles. The van der Waals surface area contributed by atoms with Crippen LogP contribution in [0.5, 0.6) is 0 Å². The number of aromatic nitrogens is 2. The molecule has 1 aromatic heterocycles. The second-order valence-corrected chi connectivity index (χ2v) is 9.40. The van der Waals surface area contributed by atoms with Crippen LogP contribution in [0.15, 0.2) is 24.3 Å². The van der Waals surface area contributed by atoms with Gasteiger partial charge in [-0.3, -0.25) is 4.79 Å². The molecule has 1 amide bonds. The number of benzene rings is 1. The van der Waals surface area contributed by atoms with E-state index in [1.165, 1.54) is 7.11 Å². The second kappa shape index (κ2) is 10.3. The molecule has 1 saturated heterocycles. The molecule has 2 atom stereocenters. The van der Waals surface area contributed by atoms with Crippen LogP contribution in [0.3, 0.4) is 0 Å². The highest BCUT2D eigenvalue weighted by Gasteiger charge is 2.38. The minimum absolute atomic E-state index is 0.0660. The molecule has 192 valence electrons. The van der Waals surface area contributed by atoms with Crippen LogP contribution in [0.1, 0.15) is 66.5 Å². The Balaban J connectivity index is 1.69. The zero-order chi connectivity index (χ0) is 26.0. The highest BCUT2D eigenvalue weighted by atomic mass is 19.4. The third kappa shape index (κ3) is 6.53. The summed E-state index contributed by atoms with van der Waals surface area (Å²) in [5, 5.41) is 2.75. The van der Waals surface area contributed by atoms with Crippen LogP contribution in [0.4, 0.5) is 18.9 Å². The molecule has 1 aromatic carbocycles. The number of alkyl halides is 3. The largest absolute Gasteiger partial charge is 0.456 e. The monoisotopic (exact) mass is 496 g/mol. The molecule has 11 heteroatoms. The number of piperidine rings is 1. The average molecular weight is 497 g/mol. The average Bonchev–Trinajstić information content (AvgIpc) is 3.24. The Kier molecular flexibility index (Phi) is 7.78. The quantitative estimate of drug-likeness (QED) is 0.588. The van der Waals surface area contributed by atoms with Crippen molar-refractivity contribution in [2.45, 2.75) is 64.5 Å². The number of esters is 1. The minimum Gasteiger partial charge on any atom is -0.456 e. The van der Waals surface area contributed by atoms with Crippen LogP contribution in [-0.2, 0) is 22.1 Å². The standard InChI is InChI=1S/C24H31F3N4O4/c1-6-16-19(24(25,26)27)30-20(28-16)21(32)29-17-10-11-31(13-18(17)34-5)15-9-7-8-14(12-15)22(33)35-23(2,3)4/h7-9,12,17-18H,6,10-11,13H2,1-5H3,(H,28,30)(H,29,32)/t17-,18+/m1/s1. The predicted molar refractivity (Wildman–Crippen MR) is 123 cm³/mol. The number of nitrogens with one attached hydrogen (secondary N) is 2. The number of hydrogen-bond acceptors (Lipinski definition) is 6. The number of anilines is 1. The number of H-pyrrole nitrogens is 1. The minimum atomic E-state index is -4.64. The Morgan fingerprint density at radius 2 is 1.97 bits per heavy atom. The number of hydrogen-bond donors (Lipinski definition) is 2. The number of nitrogens with zero attached hydrogens (tertiary/aromatic N) is 2. The summed E-state index contributed by atoms with van der Waals surface area (Å²) < 4.78 is 50.6. The van der Waals surface area contributed by atoms with Crippen molar-refractivity contribution in [3.63, 3.8) is 0 Å². The van der Waals surface area contributed by atoms with Gasteiger partial charge in [0, 0.05) is 31.6 Å². The molecule has 3 rings (SSSR count). The number of carbonyl (C=O) groups is 2. The first-order chi connectivity index (χ1) is 16.3. The first-order valence-corrected chi connectivity index (χ1v) is 11.4. The normalized spacial score (nSPS) is 18.9. The van der Waals surface area contributed by atoms with Gasteiger partial charge in [0.2, 0.25) is 0 Å². The van der Waals surface area contributed by atoms with E-state index >= 15 is 0 Å². The summed E-state index contributed by atoms with van der Waals surface area (Å²) >= 11 is 0. The maximum Gasteiger partial charge on any atom is 0.435 e. The van der Waals surface area contributed by atoms with Gasteiger partial charge in [-0.05, 0) is 51.8 Å². The van der Waals surface area contributed by atoms with Crippen molar-refractivity contribution < 1.29 is 32.2 Å². The van der Waals surface area contributed by atoms with Crippen LogP contribution in [0, 0.1) is 0 Å². The molecular weight excluding hydrogens is 465 g/mol. The van der Waals surface area contributed by atoms with Crippen LogP contribution in [0.2, 0.25) is 0 Å². The lowest BCUT2D eigenvalue weighted by Crippen LogP contribution is -2.55. The second-order valence-electron chi connectivity index (χ2n) is 9.40. The molecule has 35 heavy (non-hydrogen) atoms. The Labute approximate surface area is 202 Å². The Bertz CT molecular complexity index is 1060. The molecule has 2 heterocycles. The van der Waals surface area contributed by atoms with E-state index in [9.17, 15) is 22.8 Å². The number of ether oxygens (including phenoxy) is 2. The number of amides is 1. The maximum absolute atomic E-state index is 13.2. The van der Waals surface area contributed by atoms with E-state index in [1.54, 1.807) is 45.9 Å². The van der Waals surface area contributed by atoms with Gasteiger partial charge in [-0.1, -0.05) is 13.0 Å². The zero-order valence-corrected chi connectivity index (χ0v) is 20.5. The van der Waals surface area contributed by atoms with Crippen molar-refractivity contribution in [1.82, 2.24) is 15.3 Å². The van der Waals surface area contributed by atoms with Crippen molar-refractivity contribution in [2.24, 2.45) is 0 Å². The molecule has 8 nitrogen and oxygen atoms in total.